The molecule has 1 heterocycles. The average molecular weight is 395 g/mol. The quantitative estimate of drug-likeness (QED) is 0.356. The van der Waals surface area contributed by atoms with E-state index in [0.29, 0.717) is 19.2 Å². The summed E-state index contributed by atoms with van der Waals surface area (Å²) in [6, 6.07) is 15.0. The van der Waals surface area contributed by atoms with Crippen LogP contribution >= 0.6 is 11.3 Å². The van der Waals surface area contributed by atoms with Gasteiger partial charge in [-0.1, -0.05) is 49.6 Å². The van der Waals surface area contributed by atoms with Gasteiger partial charge in [-0.15, -0.1) is 11.3 Å². The SMILES string of the molecule is c1ccc2cc(OCCN/C(=N\c3nccs3)NC3CCCCC3)ccc2c1. The summed E-state index contributed by atoms with van der Waals surface area (Å²) in [5.74, 6) is 1.68. The molecule has 6 heteroatoms. The van der Waals surface area contributed by atoms with Crippen molar-refractivity contribution >= 4 is 33.2 Å². The Labute approximate surface area is 169 Å². The molecule has 1 aliphatic carbocycles. The molecular formula is C22H26N4OS. The molecule has 0 saturated heterocycles. The molecule has 0 atom stereocenters. The highest BCUT2D eigenvalue weighted by molar-refractivity contribution is 7.13. The lowest BCUT2D eigenvalue weighted by Crippen LogP contribution is -2.45. The monoisotopic (exact) mass is 394 g/mol. The van der Waals surface area contributed by atoms with Crippen LogP contribution in [-0.4, -0.2) is 30.1 Å². The number of hydrogen-bond donors (Lipinski definition) is 2. The van der Waals surface area contributed by atoms with Gasteiger partial charge in [0.2, 0.25) is 5.13 Å². The number of fused-ring (bicyclic) bond motifs is 1. The van der Waals surface area contributed by atoms with Crippen molar-refractivity contribution < 1.29 is 4.74 Å². The predicted octanol–water partition coefficient (Wildman–Crippen LogP) is 4.87. The van der Waals surface area contributed by atoms with Crippen molar-refractivity contribution in [2.75, 3.05) is 13.2 Å². The van der Waals surface area contributed by atoms with Crippen LogP contribution in [0.2, 0.25) is 0 Å². The van der Waals surface area contributed by atoms with Gasteiger partial charge in [-0.25, -0.2) is 4.98 Å². The Morgan fingerprint density at radius 3 is 2.79 bits per heavy atom. The molecule has 1 aromatic heterocycles. The van der Waals surface area contributed by atoms with E-state index in [0.717, 1.165) is 16.8 Å². The van der Waals surface area contributed by atoms with E-state index in [-0.39, 0.29) is 0 Å². The molecule has 0 radical (unpaired) electrons. The van der Waals surface area contributed by atoms with Gasteiger partial charge in [-0.2, -0.15) is 4.99 Å². The number of thiazole rings is 1. The zero-order valence-electron chi connectivity index (χ0n) is 15.9. The maximum absolute atomic E-state index is 5.93. The Morgan fingerprint density at radius 2 is 1.96 bits per heavy atom. The molecule has 2 N–H and O–H groups in total. The third kappa shape index (κ3) is 5.23. The summed E-state index contributed by atoms with van der Waals surface area (Å²) in [4.78, 5) is 8.92. The van der Waals surface area contributed by atoms with E-state index >= 15 is 0 Å². The summed E-state index contributed by atoms with van der Waals surface area (Å²) in [5, 5.41) is 12.1. The fourth-order valence-corrected chi connectivity index (χ4v) is 4.03. The zero-order valence-corrected chi connectivity index (χ0v) is 16.8. The lowest BCUT2D eigenvalue weighted by Gasteiger charge is -2.24. The topological polar surface area (TPSA) is 58.5 Å². The van der Waals surface area contributed by atoms with Crippen LogP contribution in [0.15, 0.2) is 59.0 Å². The minimum absolute atomic E-state index is 0.487. The second-order valence-electron chi connectivity index (χ2n) is 7.04. The normalized spacial score (nSPS) is 15.5. The number of hydrogen-bond acceptors (Lipinski definition) is 4. The predicted molar refractivity (Wildman–Crippen MR) is 117 cm³/mol. The summed E-state index contributed by atoms with van der Waals surface area (Å²) in [5.41, 5.74) is 0. The van der Waals surface area contributed by atoms with Crippen molar-refractivity contribution in [2.24, 2.45) is 4.99 Å². The first-order valence-corrected chi connectivity index (χ1v) is 10.8. The first-order valence-electron chi connectivity index (χ1n) is 9.97. The molecule has 0 spiro atoms. The van der Waals surface area contributed by atoms with E-state index in [9.17, 15) is 0 Å². The number of aliphatic imine (C=N–C) groups is 1. The molecule has 1 saturated carbocycles. The molecule has 1 aliphatic rings. The number of rotatable bonds is 6. The molecule has 28 heavy (non-hydrogen) atoms. The lowest BCUT2D eigenvalue weighted by molar-refractivity contribution is 0.321. The number of ether oxygens (including phenoxy) is 1. The standard InChI is InChI=1S/C22H26N4OS/c1-2-8-19(9-3-1)25-21(26-22-24-13-15-28-22)23-12-14-27-20-11-10-17-6-4-5-7-18(17)16-20/h4-7,10-11,13,15-16,19H,1-3,8-9,12,14H2,(H2,23,24,25,26). The molecular weight excluding hydrogens is 368 g/mol. The number of benzene rings is 2. The second-order valence-corrected chi connectivity index (χ2v) is 7.91. The van der Waals surface area contributed by atoms with Gasteiger partial charge >= 0.3 is 0 Å². The van der Waals surface area contributed by atoms with Gasteiger partial charge in [0.15, 0.2) is 5.96 Å². The highest BCUT2D eigenvalue weighted by Gasteiger charge is 2.15. The van der Waals surface area contributed by atoms with Gasteiger partial charge in [-0.05, 0) is 35.7 Å². The molecule has 5 nitrogen and oxygen atoms in total. The number of nitrogens with one attached hydrogen (secondary N) is 2. The number of guanidine groups is 1. The summed E-state index contributed by atoms with van der Waals surface area (Å²) in [6.45, 7) is 1.25. The molecule has 4 rings (SSSR count). The smallest absolute Gasteiger partial charge is 0.212 e. The largest absolute Gasteiger partial charge is 0.492 e. The van der Waals surface area contributed by atoms with Gasteiger partial charge in [0.05, 0.1) is 6.54 Å². The van der Waals surface area contributed by atoms with E-state index in [4.69, 9.17) is 4.74 Å². The Morgan fingerprint density at radius 1 is 1.11 bits per heavy atom. The lowest BCUT2D eigenvalue weighted by atomic mass is 9.96. The number of nitrogens with zero attached hydrogens (tertiary/aromatic N) is 2. The molecule has 1 fully saturated rings. The van der Waals surface area contributed by atoms with Gasteiger partial charge in [0, 0.05) is 17.6 Å². The first kappa shape index (κ1) is 18.7. The van der Waals surface area contributed by atoms with Crippen molar-refractivity contribution in [3.63, 3.8) is 0 Å². The molecule has 146 valence electrons. The van der Waals surface area contributed by atoms with E-state index in [1.807, 2.05) is 17.5 Å². The third-order valence-electron chi connectivity index (χ3n) is 4.96. The molecule has 0 unspecified atom stereocenters. The highest BCUT2D eigenvalue weighted by Crippen LogP contribution is 2.21. The fraction of sp³-hybridized carbons (Fsp3) is 0.364. The maximum Gasteiger partial charge on any atom is 0.212 e. The van der Waals surface area contributed by atoms with Gasteiger partial charge in [0.25, 0.3) is 0 Å². The van der Waals surface area contributed by atoms with E-state index in [1.165, 1.54) is 42.9 Å². The van der Waals surface area contributed by atoms with Crippen LogP contribution in [0.3, 0.4) is 0 Å². The summed E-state index contributed by atoms with van der Waals surface area (Å²) in [6.07, 6.45) is 8.09. The molecule has 2 aromatic carbocycles. The number of aromatic nitrogens is 1. The summed E-state index contributed by atoms with van der Waals surface area (Å²) < 4.78 is 5.93. The van der Waals surface area contributed by atoms with Crippen molar-refractivity contribution in [2.45, 2.75) is 38.1 Å². The van der Waals surface area contributed by atoms with E-state index in [2.05, 4.69) is 50.9 Å². The Bertz CT molecular complexity index is 904. The van der Waals surface area contributed by atoms with Crippen molar-refractivity contribution in [3.8, 4) is 5.75 Å². The van der Waals surface area contributed by atoms with Crippen LogP contribution in [0.1, 0.15) is 32.1 Å². The minimum Gasteiger partial charge on any atom is -0.492 e. The first-order chi connectivity index (χ1) is 13.9. The third-order valence-corrected chi connectivity index (χ3v) is 5.62. The van der Waals surface area contributed by atoms with Crippen LogP contribution in [0.4, 0.5) is 5.13 Å². The van der Waals surface area contributed by atoms with Crippen LogP contribution in [0.25, 0.3) is 10.8 Å². The minimum atomic E-state index is 0.487. The van der Waals surface area contributed by atoms with Gasteiger partial charge in [-0.3, -0.25) is 0 Å². The Balaban J connectivity index is 1.32. The van der Waals surface area contributed by atoms with Crippen LogP contribution in [0, 0.1) is 0 Å². The summed E-state index contributed by atoms with van der Waals surface area (Å²) >= 11 is 1.54. The Kier molecular flexibility index (Phi) is 6.40. The molecule has 0 amide bonds. The second kappa shape index (κ2) is 9.55. The van der Waals surface area contributed by atoms with Gasteiger partial charge in [0.1, 0.15) is 12.4 Å². The molecule has 0 bridgehead atoms. The zero-order chi connectivity index (χ0) is 19.0. The molecule has 0 aliphatic heterocycles. The van der Waals surface area contributed by atoms with Crippen LogP contribution in [-0.2, 0) is 0 Å². The van der Waals surface area contributed by atoms with Crippen molar-refractivity contribution in [3.05, 3.63) is 54.0 Å². The van der Waals surface area contributed by atoms with Crippen molar-refractivity contribution in [1.29, 1.82) is 0 Å². The van der Waals surface area contributed by atoms with Crippen LogP contribution in [0.5, 0.6) is 5.75 Å². The van der Waals surface area contributed by atoms with E-state index in [1.54, 1.807) is 17.5 Å². The van der Waals surface area contributed by atoms with Crippen LogP contribution < -0.4 is 15.4 Å². The highest BCUT2D eigenvalue weighted by atomic mass is 32.1. The van der Waals surface area contributed by atoms with E-state index < -0.39 is 0 Å². The summed E-state index contributed by atoms with van der Waals surface area (Å²) in [7, 11) is 0. The van der Waals surface area contributed by atoms with Gasteiger partial charge < -0.3 is 15.4 Å². The average Bonchev–Trinajstić information content (AvgIpc) is 3.25. The molecule has 3 aromatic rings. The maximum atomic E-state index is 5.93. The Hall–Kier alpha value is -2.60. The van der Waals surface area contributed by atoms with Crippen molar-refractivity contribution in [1.82, 2.24) is 15.6 Å². The fourth-order valence-electron chi connectivity index (χ4n) is 3.53.